The SMILES string of the molecule is O=S(=O)(O)O.O=S(O)O.[CaH2].[Cu].[Ni]. The van der Waals surface area contributed by atoms with Crippen molar-refractivity contribution >= 4 is 59.5 Å². The van der Waals surface area contributed by atoms with Gasteiger partial charge in [-0.05, 0) is 0 Å². The Bertz CT molecular complexity index is 164. The molecule has 0 unspecified atom stereocenters. The zero-order valence-electron chi connectivity index (χ0n) is 4.45. The molecule has 0 heterocycles. The Morgan fingerprint density at radius 3 is 1.08 bits per heavy atom. The van der Waals surface area contributed by atoms with E-state index in [0.717, 1.165) is 0 Å². The number of rotatable bonds is 0. The Kier molecular flexibility index (Phi) is 38.2. The molecule has 12 heteroatoms. The van der Waals surface area contributed by atoms with Crippen LogP contribution in [0.5, 0.6) is 0 Å². The van der Waals surface area contributed by atoms with Gasteiger partial charge in [-0.15, -0.1) is 0 Å². The Morgan fingerprint density at radius 2 is 1.08 bits per heavy atom. The minimum Gasteiger partial charge on any atom is 0 e. The fourth-order valence-corrected chi connectivity index (χ4v) is 0. The van der Waals surface area contributed by atoms with Gasteiger partial charge in [-0.2, -0.15) is 12.6 Å². The number of hydrogen-bond donors (Lipinski definition) is 4. The van der Waals surface area contributed by atoms with E-state index in [-0.39, 0.29) is 71.3 Å². The summed E-state index contributed by atoms with van der Waals surface area (Å²) in [6, 6.07) is 0. The fourth-order valence-electron chi connectivity index (χ4n) is 0. The van der Waals surface area contributed by atoms with E-state index in [1.807, 2.05) is 0 Å². The maximum atomic E-state index is 8.74. The molecule has 0 amide bonds. The molecule has 0 aromatic heterocycles. The molecule has 0 aromatic rings. The number of hydrogen-bond acceptors (Lipinski definition) is 3. The summed E-state index contributed by atoms with van der Waals surface area (Å²) in [5.74, 6) is 0. The van der Waals surface area contributed by atoms with Crippen LogP contribution < -0.4 is 0 Å². The molecular weight excluding hydrogens is 338 g/mol. The first-order valence-corrected chi connectivity index (χ1v) is 3.69. The molecule has 0 saturated heterocycles. The van der Waals surface area contributed by atoms with Gasteiger partial charge in [0.25, 0.3) is 11.4 Å². The topological polar surface area (TPSA) is 132 Å². The van der Waals surface area contributed by atoms with Crippen LogP contribution >= 0.6 is 0 Å². The average Bonchev–Trinajstić information content (AvgIpc) is 1.19. The van der Waals surface area contributed by atoms with Gasteiger partial charge in [0.2, 0.25) is 0 Å². The van der Waals surface area contributed by atoms with Crippen LogP contribution in [-0.2, 0) is 55.3 Å². The van der Waals surface area contributed by atoms with E-state index in [1.165, 1.54) is 0 Å². The molecule has 4 N–H and O–H groups in total. The largest absolute Gasteiger partial charge is 0 e. The predicted molar refractivity (Wildman–Crippen MR) is 36.1 cm³/mol. The summed E-state index contributed by atoms with van der Waals surface area (Å²) in [7, 11) is -4.67. The van der Waals surface area contributed by atoms with Crippen LogP contribution in [0, 0.1) is 0 Å². The first-order valence-electron chi connectivity index (χ1n) is 1.23. The third kappa shape index (κ3) is 314. The van der Waals surface area contributed by atoms with Gasteiger partial charge >= 0.3 is 48.1 Å². The van der Waals surface area contributed by atoms with Crippen LogP contribution in [-0.4, -0.2) is 68.6 Å². The maximum absolute atomic E-state index is 8.74. The van der Waals surface area contributed by atoms with Gasteiger partial charge in [-0.3, -0.25) is 18.2 Å². The van der Waals surface area contributed by atoms with Crippen molar-refractivity contribution in [2.45, 2.75) is 0 Å². The average molecular weight is 344 g/mol. The molecule has 0 atom stereocenters. The van der Waals surface area contributed by atoms with Gasteiger partial charge < -0.3 is 0 Å². The van der Waals surface area contributed by atoms with E-state index in [9.17, 15) is 0 Å². The quantitative estimate of drug-likeness (QED) is 0.229. The molecule has 0 rings (SSSR count). The Hall–Kier alpha value is 2.21. The van der Waals surface area contributed by atoms with Crippen LogP contribution in [0.1, 0.15) is 0 Å². The van der Waals surface area contributed by atoms with Crippen molar-refractivity contribution in [3.05, 3.63) is 0 Å². The van der Waals surface area contributed by atoms with Gasteiger partial charge in [-0.1, -0.05) is 0 Å². The molecule has 0 aromatic carbocycles. The second-order valence-electron chi connectivity index (χ2n) is 0.679. The molecule has 7 nitrogen and oxygen atoms in total. The van der Waals surface area contributed by atoms with Gasteiger partial charge in [0.1, 0.15) is 0 Å². The molecule has 0 bridgehead atoms. The van der Waals surface area contributed by atoms with Crippen LogP contribution in [0.3, 0.4) is 0 Å². The first kappa shape index (κ1) is 29.2. The van der Waals surface area contributed by atoms with Crippen molar-refractivity contribution in [1.29, 1.82) is 0 Å². The van der Waals surface area contributed by atoms with E-state index in [2.05, 4.69) is 0 Å². The van der Waals surface area contributed by atoms with E-state index in [1.54, 1.807) is 0 Å². The Labute approximate surface area is 122 Å². The summed E-state index contributed by atoms with van der Waals surface area (Å²) in [6.07, 6.45) is 0. The van der Waals surface area contributed by atoms with Gasteiger partial charge in [0.15, 0.2) is 0 Å². The third-order valence-electron chi connectivity index (χ3n) is 0. The molecule has 0 spiro atoms. The maximum Gasteiger partial charge on any atom is 0 e. The smallest absolute Gasteiger partial charge is 0 e. The van der Waals surface area contributed by atoms with E-state index in [0.29, 0.717) is 0 Å². The van der Waals surface area contributed by atoms with Crippen molar-refractivity contribution < 1.29 is 64.4 Å². The molecule has 0 aliphatic carbocycles. The molecule has 0 aliphatic heterocycles. The summed E-state index contributed by atoms with van der Waals surface area (Å²) in [6.45, 7) is 0. The predicted octanol–water partition coefficient (Wildman–Crippen LogP) is -1.89. The van der Waals surface area contributed by atoms with Crippen LogP contribution in [0.25, 0.3) is 0 Å². The minimum atomic E-state index is -4.67. The summed E-state index contributed by atoms with van der Waals surface area (Å²) < 4.78 is 54.4. The van der Waals surface area contributed by atoms with Crippen LogP contribution in [0.4, 0.5) is 0 Å². The van der Waals surface area contributed by atoms with Crippen molar-refractivity contribution in [3.8, 4) is 0 Å². The molecule has 0 aliphatic rings. The molecule has 12 heavy (non-hydrogen) atoms. The zero-order chi connectivity index (χ0) is 8.08. The van der Waals surface area contributed by atoms with E-state index < -0.39 is 21.8 Å². The molecule has 83 valence electrons. The summed E-state index contributed by atoms with van der Waals surface area (Å²) in [4.78, 5) is 0. The van der Waals surface area contributed by atoms with Crippen molar-refractivity contribution in [2.24, 2.45) is 0 Å². The van der Waals surface area contributed by atoms with Gasteiger partial charge in [0, 0.05) is 33.6 Å². The van der Waals surface area contributed by atoms with Gasteiger partial charge in [0.05, 0.1) is 0 Å². The first-order chi connectivity index (χ1) is 3.73. The molecular formula is H6CaCuNiO7S2. The Morgan fingerprint density at radius 1 is 1.08 bits per heavy atom. The van der Waals surface area contributed by atoms with E-state index >= 15 is 0 Å². The summed E-state index contributed by atoms with van der Waals surface area (Å²) in [5, 5.41) is 0. The monoisotopic (exact) mass is 343 g/mol. The second-order valence-corrected chi connectivity index (χ2v) is 2.04. The molecule has 1 radical (unpaired) electrons. The van der Waals surface area contributed by atoms with Crippen molar-refractivity contribution in [3.63, 3.8) is 0 Å². The minimum absolute atomic E-state index is 0. The second kappa shape index (κ2) is 15.7. The Balaban J connectivity index is -0.0000000221. The zero-order valence-corrected chi connectivity index (χ0v) is 8.01. The van der Waals surface area contributed by atoms with Crippen LogP contribution in [0.2, 0.25) is 0 Å². The standard InChI is InChI=1S/Ca.Cu.Ni.H2O4S.H2O3S.2H/c;;;1-5(2,3)4;1-4(2)3;;/h;;;(H2,1,2,3,4);(H2,1,2,3);;. The summed E-state index contributed by atoms with van der Waals surface area (Å²) >= 11 is -2.61. The normalized spacial score (nSPS) is 7.75. The van der Waals surface area contributed by atoms with Crippen molar-refractivity contribution in [2.75, 3.05) is 0 Å². The summed E-state index contributed by atoms with van der Waals surface area (Å²) in [5.41, 5.74) is 0. The fraction of sp³-hybridized carbons (Fsp3) is 0. The van der Waals surface area contributed by atoms with Gasteiger partial charge in [-0.25, -0.2) is 0 Å². The third-order valence-corrected chi connectivity index (χ3v) is 0. The van der Waals surface area contributed by atoms with Crippen LogP contribution in [0.15, 0.2) is 0 Å². The van der Waals surface area contributed by atoms with Crippen molar-refractivity contribution in [1.82, 2.24) is 0 Å². The molecule has 0 fully saturated rings. The molecule has 0 saturated carbocycles. The van der Waals surface area contributed by atoms with E-state index in [4.69, 9.17) is 30.8 Å².